The molecule has 0 saturated heterocycles. The van der Waals surface area contributed by atoms with Gasteiger partial charge in [0, 0.05) is 0 Å². The molecule has 0 spiro atoms. The van der Waals surface area contributed by atoms with Crippen molar-refractivity contribution < 1.29 is 9.53 Å². The molecule has 0 aliphatic heterocycles. The summed E-state index contributed by atoms with van der Waals surface area (Å²) in [5.74, 6) is -0.546. The maximum absolute atomic E-state index is 12.4. The van der Waals surface area contributed by atoms with E-state index in [1.54, 1.807) is 0 Å². The number of ketones is 1. The molecule has 0 aliphatic rings. The van der Waals surface area contributed by atoms with E-state index < -0.39 is 5.92 Å². The van der Waals surface area contributed by atoms with Gasteiger partial charge in [-0.2, -0.15) is 5.26 Å². The minimum atomic E-state index is -0.891. The highest BCUT2D eigenvalue weighted by Gasteiger charge is 2.24. The Kier molecular flexibility index (Phi) is 4.88. The summed E-state index contributed by atoms with van der Waals surface area (Å²) in [5, 5.41) is 9.90. The third-order valence-corrected chi connectivity index (χ3v) is 4.82. The van der Waals surface area contributed by atoms with Gasteiger partial charge in [-0.15, -0.1) is 11.3 Å². The number of carbonyl (C=O) groups excluding carboxylic acids is 1. The van der Waals surface area contributed by atoms with E-state index in [1.807, 2.05) is 48.5 Å². The zero-order valence-electron chi connectivity index (χ0n) is 13.2. The first-order valence-electron chi connectivity index (χ1n) is 7.70. The Balaban J connectivity index is 1.70. The number of benzene rings is 2. The van der Waals surface area contributed by atoms with E-state index in [4.69, 9.17) is 4.74 Å². The highest BCUT2D eigenvalue weighted by atomic mass is 32.1. The zero-order chi connectivity index (χ0) is 16.9. The van der Waals surface area contributed by atoms with E-state index in [1.165, 1.54) is 16.9 Å². The van der Waals surface area contributed by atoms with Crippen molar-refractivity contribution in [3.8, 4) is 11.8 Å². The molecule has 120 valence electrons. The Morgan fingerprint density at radius 3 is 2.67 bits per heavy atom. The first-order valence-corrected chi connectivity index (χ1v) is 8.52. The van der Waals surface area contributed by atoms with Crippen LogP contribution in [-0.4, -0.2) is 17.4 Å². The summed E-state index contributed by atoms with van der Waals surface area (Å²) >= 11 is 1.37. The lowest BCUT2D eigenvalue weighted by Crippen LogP contribution is -2.18. The molecule has 1 unspecified atom stereocenters. The maximum atomic E-state index is 12.4. The monoisotopic (exact) mass is 336 g/mol. The zero-order valence-corrected chi connectivity index (χ0v) is 14.0. The van der Waals surface area contributed by atoms with Crippen LogP contribution < -0.4 is 4.74 Å². The van der Waals surface area contributed by atoms with Crippen LogP contribution in [0.1, 0.15) is 23.4 Å². The topological polar surface area (TPSA) is 63.0 Å². The summed E-state index contributed by atoms with van der Waals surface area (Å²) in [6.45, 7) is 1.94. The van der Waals surface area contributed by atoms with E-state index in [9.17, 15) is 10.1 Å². The summed E-state index contributed by atoms with van der Waals surface area (Å²) < 4.78 is 6.49. The number of rotatable bonds is 6. The summed E-state index contributed by atoms with van der Waals surface area (Å²) in [4.78, 5) is 16.8. The SMILES string of the molecule is CCc1ccc(OCC(=O)C(C#N)c2nc3ccccc3s2)cc1. The van der Waals surface area contributed by atoms with Gasteiger partial charge in [0.15, 0.2) is 11.7 Å². The minimum absolute atomic E-state index is 0.139. The number of nitrogens with zero attached hydrogens (tertiary/aromatic N) is 2. The number of Topliss-reactive ketones (excluding diaryl/α,β-unsaturated/α-hetero) is 1. The molecular weight excluding hydrogens is 320 g/mol. The van der Waals surface area contributed by atoms with E-state index in [0.29, 0.717) is 10.8 Å². The number of hydrogen-bond acceptors (Lipinski definition) is 5. The lowest BCUT2D eigenvalue weighted by Gasteiger charge is -2.08. The van der Waals surface area contributed by atoms with Crippen LogP contribution in [0, 0.1) is 11.3 Å². The van der Waals surface area contributed by atoms with Crippen molar-refractivity contribution in [3.63, 3.8) is 0 Å². The summed E-state index contributed by atoms with van der Waals surface area (Å²) in [7, 11) is 0. The van der Waals surface area contributed by atoms with E-state index >= 15 is 0 Å². The minimum Gasteiger partial charge on any atom is -0.486 e. The molecule has 0 saturated carbocycles. The van der Waals surface area contributed by atoms with Crippen LogP contribution in [0.3, 0.4) is 0 Å². The number of thiazole rings is 1. The summed E-state index contributed by atoms with van der Waals surface area (Å²) in [6.07, 6.45) is 0.952. The maximum Gasteiger partial charge on any atom is 0.194 e. The molecule has 3 aromatic rings. The van der Waals surface area contributed by atoms with Crippen LogP contribution in [0.5, 0.6) is 5.75 Å². The number of ether oxygens (including phenoxy) is 1. The second kappa shape index (κ2) is 7.24. The van der Waals surface area contributed by atoms with E-state index in [0.717, 1.165) is 16.6 Å². The van der Waals surface area contributed by atoms with Crippen LogP contribution in [0.4, 0.5) is 0 Å². The normalized spacial score (nSPS) is 11.8. The van der Waals surface area contributed by atoms with Crippen molar-refractivity contribution in [3.05, 3.63) is 59.1 Å². The van der Waals surface area contributed by atoms with Crippen LogP contribution in [0.15, 0.2) is 48.5 Å². The van der Waals surface area contributed by atoms with Crippen LogP contribution >= 0.6 is 11.3 Å². The number of carbonyl (C=O) groups is 1. The molecular formula is C19H16N2O2S. The first-order chi connectivity index (χ1) is 11.7. The molecule has 5 heteroatoms. The second-order valence-electron chi connectivity index (χ2n) is 5.33. The molecule has 0 aliphatic carbocycles. The van der Waals surface area contributed by atoms with Crippen LogP contribution in [0.2, 0.25) is 0 Å². The number of aromatic nitrogens is 1. The first kappa shape index (κ1) is 16.2. The molecule has 1 atom stereocenters. The van der Waals surface area contributed by atoms with Gasteiger partial charge < -0.3 is 4.74 Å². The van der Waals surface area contributed by atoms with Crippen molar-refractivity contribution in [2.75, 3.05) is 6.61 Å². The largest absolute Gasteiger partial charge is 0.486 e. The fraction of sp³-hybridized carbons (Fsp3) is 0.211. The molecule has 24 heavy (non-hydrogen) atoms. The Bertz CT molecular complexity index is 861. The lowest BCUT2D eigenvalue weighted by atomic mass is 10.1. The predicted molar refractivity (Wildman–Crippen MR) is 94.3 cm³/mol. The summed E-state index contributed by atoms with van der Waals surface area (Å²) in [5.41, 5.74) is 2.01. The van der Waals surface area contributed by atoms with Crippen molar-refractivity contribution in [2.45, 2.75) is 19.3 Å². The number of nitriles is 1. The highest BCUT2D eigenvalue weighted by molar-refractivity contribution is 7.18. The van der Waals surface area contributed by atoms with Gasteiger partial charge in [-0.3, -0.25) is 4.79 Å². The third-order valence-electron chi connectivity index (χ3n) is 3.72. The van der Waals surface area contributed by atoms with Gasteiger partial charge in [-0.1, -0.05) is 31.2 Å². The molecule has 0 radical (unpaired) electrons. The second-order valence-corrected chi connectivity index (χ2v) is 6.40. The molecule has 3 rings (SSSR count). The number of fused-ring (bicyclic) bond motifs is 1. The quantitative estimate of drug-likeness (QED) is 0.679. The molecule has 2 aromatic carbocycles. The predicted octanol–water partition coefficient (Wildman–Crippen LogP) is 4.11. The van der Waals surface area contributed by atoms with Crippen molar-refractivity contribution in [1.82, 2.24) is 4.98 Å². The molecule has 0 bridgehead atoms. The molecule has 0 amide bonds. The summed E-state index contributed by atoms with van der Waals surface area (Å²) in [6, 6.07) is 17.3. The average molecular weight is 336 g/mol. The standard InChI is InChI=1S/C19H16N2O2S/c1-2-13-7-9-14(10-8-13)23-12-17(22)15(11-20)19-21-16-5-3-4-6-18(16)24-19/h3-10,15H,2,12H2,1H3. The number of aryl methyl sites for hydroxylation is 1. The van der Waals surface area contributed by atoms with Crippen molar-refractivity contribution in [1.29, 1.82) is 5.26 Å². The van der Waals surface area contributed by atoms with E-state index in [-0.39, 0.29) is 12.4 Å². The van der Waals surface area contributed by atoms with Gasteiger partial charge in [-0.05, 0) is 36.2 Å². The van der Waals surface area contributed by atoms with Crippen LogP contribution in [0.25, 0.3) is 10.2 Å². The van der Waals surface area contributed by atoms with E-state index in [2.05, 4.69) is 18.0 Å². The van der Waals surface area contributed by atoms with Crippen molar-refractivity contribution >= 4 is 27.3 Å². The number of para-hydroxylation sites is 1. The molecule has 4 nitrogen and oxygen atoms in total. The number of hydrogen-bond donors (Lipinski definition) is 0. The van der Waals surface area contributed by atoms with Gasteiger partial charge >= 0.3 is 0 Å². The van der Waals surface area contributed by atoms with Crippen molar-refractivity contribution in [2.24, 2.45) is 0 Å². The van der Waals surface area contributed by atoms with Gasteiger partial charge in [0.2, 0.25) is 0 Å². The highest BCUT2D eigenvalue weighted by Crippen LogP contribution is 2.28. The van der Waals surface area contributed by atoms with Gasteiger partial charge in [0.05, 0.1) is 16.3 Å². The fourth-order valence-corrected chi connectivity index (χ4v) is 3.37. The lowest BCUT2D eigenvalue weighted by molar-refractivity contribution is -0.121. The van der Waals surface area contributed by atoms with Gasteiger partial charge in [0.25, 0.3) is 0 Å². The fourth-order valence-electron chi connectivity index (χ4n) is 2.34. The molecule has 0 fully saturated rings. The Morgan fingerprint density at radius 1 is 1.25 bits per heavy atom. The average Bonchev–Trinajstić information content (AvgIpc) is 3.04. The third kappa shape index (κ3) is 3.44. The Labute approximate surface area is 144 Å². The van der Waals surface area contributed by atoms with Crippen LogP contribution in [-0.2, 0) is 11.2 Å². The smallest absolute Gasteiger partial charge is 0.194 e. The Morgan fingerprint density at radius 2 is 2.00 bits per heavy atom. The van der Waals surface area contributed by atoms with Gasteiger partial charge in [0.1, 0.15) is 17.4 Å². The Hall–Kier alpha value is -2.71. The van der Waals surface area contributed by atoms with Gasteiger partial charge in [-0.25, -0.2) is 4.98 Å². The molecule has 1 aromatic heterocycles. The molecule has 0 N–H and O–H groups in total. The molecule has 1 heterocycles.